The molecule has 0 aliphatic rings. The fourth-order valence-electron chi connectivity index (χ4n) is 2.86. The molecule has 1 amide bonds. The smallest absolute Gasteiger partial charge is 0.251 e. The van der Waals surface area contributed by atoms with E-state index in [1.165, 1.54) is 0 Å². The van der Waals surface area contributed by atoms with Gasteiger partial charge in [-0.1, -0.05) is 24.3 Å². The SMILES string of the molecule is CC(C)Oc1cccc(CNCc2cccc(C(=O)NCc3ccco3)c2)c1. The van der Waals surface area contributed by atoms with Gasteiger partial charge >= 0.3 is 0 Å². The molecule has 0 saturated heterocycles. The van der Waals surface area contributed by atoms with Gasteiger partial charge < -0.3 is 19.8 Å². The van der Waals surface area contributed by atoms with Gasteiger partial charge in [0.1, 0.15) is 11.5 Å². The second-order valence-corrected chi connectivity index (χ2v) is 6.88. The van der Waals surface area contributed by atoms with E-state index < -0.39 is 0 Å². The summed E-state index contributed by atoms with van der Waals surface area (Å²) in [6, 6.07) is 19.3. The Hall–Kier alpha value is -3.05. The standard InChI is InChI=1S/C23H26N2O3/c1-17(2)28-21-9-4-7-19(13-21)15-24-14-18-6-3-8-20(12-18)23(26)25-16-22-10-5-11-27-22/h3-13,17,24H,14-16H2,1-2H3,(H,25,26). The lowest BCUT2D eigenvalue weighted by Crippen LogP contribution is -2.23. The molecule has 0 bridgehead atoms. The quantitative estimate of drug-likeness (QED) is 0.583. The van der Waals surface area contributed by atoms with Crippen LogP contribution < -0.4 is 15.4 Å². The minimum atomic E-state index is -0.114. The Kier molecular flexibility index (Phi) is 6.87. The van der Waals surface area contributed by atoms with E-state index in [2.05, 4.69) is 16.7 Å². The van der Waals surface area contributed by atoms with Crippen molar-refractivity contribution in [2.24, 2.45) is 0 Å². The van der Waals surface area contributed by atoms with Crippen LogP contribution in [0.4, 0.5) is 0 Å². The number of benzene rings is 2. The maximum absolute atomic E-state index is 12.3. The van der Waals surface area contributed by atoms with Crippen molar-refractivity contribution in [1.29, 1.82) is 0 Å². The topological polar surface area (TPSA) is 63.5 Å². The van der Waals surface area contributed by atoms with E-state index in [1.807, 2.05) is 62.4 Å². The monoisotopic (exact) mass is 378 g/mol. The zero-order chi connectivity index (χ0) is 19.8. The number of furan rings is 1. The first kappa shape index (κ1) is 19.7. The van der Waals surface area contributed by atoms with Gasteiger partial charge in [0.15, 0.2) is 0 Å². The Bertz CT molecular complexity index is 888. The first-order valence-corrected chi connectivity index (χ1v) is 9.46. The normalized spacial score (nSPS) is 10.8. The highest BCUT2D eigenvalue weighted by atomic mass is 16.5. The Balaban J connectivity index is 1.51. The van der Waals surface area contributed by atoms with Crippen LogP contribution >= 0.6 is 0 Å². The maximum Gasteiger partial charge on any atom is 0.251 e. The molecular weight excluding hydrogens is 352 g/mol. The van der Waals surface area contributed by atoms with Crippen LogP contribution in [-0.4, -0.2) is 12.0 Å². The molecule has 0 radical (unpaired) electrons. The lowest BCUT2D eigenvalue weighted by atomic mass is 10.1. The summed E-state index contributed by atoms with van der Waals surface area (Å²) in [7, 11) is 0. The van der Waals surface area contributed by atoms with Gasteiger partial charge in [0.25, 0.3) is 5.91 Å². The average Bonchev–Trinajstić information content (AvgIpc) is 3.20. The minimum Gasteiger partial charge on any atom is -0.491 e. The van der Waals surface area contributed by atoms with Gasteiger partial charge in [-0.15, -0.1) is 0 Å². The molecule has 0 unspecified atom stereocenters. The van der Waals surface area contributed by atoms with Crippen LogP contribution in [0.2, 0.25) is 0 Å². The highest BCUT2D eigenvalue weighted by molar-refractivity contribution is 5.94. The molecule has 3 aromatic rings. The molecule has 1 heterocycles. The van der Waals surface area contributed by atoms with Crippen molar-refractivity contribution in [3.8, 4) is 5.75 Å². The number of carbonyl (C=O) groups is 1. The average molecular weight is 378 g/mol. The number of carbonyl (C=O) groups excluding carboxylic acids is 1. The van der Waals surface area contributed by atoms with Crippen LogP contribution in [0.25, 0.3) is 0 Å². The predicted octanol–water partition coefficient (Wildman–Crippen LogP) is 4.29. The van der Waals surface area contributed by atoms with Crippen molar-refractivity contribution in [3.63, 3.8) is 0 Å². The number of nitrogens with one attached hydrogen (secondary N) is 2. The molecule has 0 aliphatic carbocycles. The molecule has 2 N–H and O–H groups in total. The second-order valence-electron chi connectivity index (χ2n) is 6.88. The van der Waals surface area contributed by atoms with Gasteiger partial charge in [-0.25, -0.2) is 0 Å². The van der Waals surface area contributed by atoms with Gasteiger partial charge in [-0.05, 0) is 61.4 Å². The number of hydrogen-bond acceptors (Lipinski definition) is 4. The van der Waals surface area contributed by atoms with Crippen LogP contribution in [0.15, 0.2) is 71.3 Å². The van der Waals surface area contributed by atoms with Crippen LogP contribution in [-0.2, 0) is 19.6 Å². The molecule has 1 aromatic heterocycles. The van der Waals surface area contributed by atoms with Crippen molar-refractivity contribution in [1.82, 2.24) is 10.6 Å². The van der Waals surface area contributed by atoms with Crippen LogP contribution in [0.3, 0.4) is 0 Å². The lowest BCUT2D eigenvalue weighted by Gasteiger charge is -2.11. The highest BCUT2D eigenvalue weighted by Gasteiger charge is 2.07. The fraction of sp³-hybridized carbons (Fsp3) is 0.261. The fourth-order valence-corrected chi connectivity index (χ4v) is 2.86. The molecule has 0 atom stereocenters. The summed E-state index contributed by atoms with van der Waals surface area (Å²) in [4.78, 5) is 12.3. The summed E-state index contributed by atoms with van der Waals surface area (Å²) >= 11 is 0. The summed E-state index contributed by atoms with van der Waals surface area (Å²) in [5.74, 6) is 1.50. The molecule has 5 nitrogen and oxygen atoms in total. The number of amides is 1. The van der Waals surface area contributed by atoms with E-state index in [1.54, 1.807) is 12.3 Å². The van der Waals surface area contributed by atoms with Gasteiger partial charge in [-0.2, -0.15) is 0 Å². The lowest BCUT2D eigenvalue weighted by molar-refractivity contribution is 0.0948. The molecule has 0 aliphatic heterocycles. The summed E-state index contributed by atoms with van der Waals surface area (Å²) in [5.41, 5.74) is 2.85. The van der Waals surface area contributed by atoms with Crippen molar-refractivity contribution in [3.05, 3.63) is 89.4 Å². The van der Waals surface area contributed by atoms with E-state index in [4.69, 9.17) is 9.15 Å². The third-order valence-electron chi connectivity index (χ3n) is 4.12. The predicted molar refractivity (Wildman–Crippen MR) is 109 cm³/mol. The minimum absolute atomic E-state index is 0.114. The molecule has 3 rings (SSSR count). The van der Waals surface area contributed by atoms with Gasteiger partial charge in [0.2, 0.25) is 0 Å². The number of ether oxygens (including phenoxy) is 1. The van der Waals surface area contributed by atoms with Crippen molar-refractivity contribution >= 4 is 5.91 Å². The van der Waals surface area contributed by atoms with Crippen molar-refractivity contribution < 1.29 is 13.9 Å². The zero-order valence-corrected chi connectivity index (χ0v) is 16.3. The van der Waals surface area contributed by atoms with E-state index in [-0.39, 0.29) is 12.0 Å². The van der Waals surface area contributed by atoms with Gasteiger partial charge in [0.05, 0.1) is 18.9 Å². The number of rotatable bonds is 9. The summed E-state index contributed by atoms with van der Waals surface area (Å²) in [6.45, 7) is 5.81. The first-order valence-electron chi connectivity index (χ1n) is 9.46. The second kappa shape index (κ2) is 9.76. The van der Waals surface area contributed by atoms with E-state index in [9.17, 15) is 4.79 Å². The molecule has 28 heavy (non-hydrogen) atoms. The maximum atomic E-state index is 12.3. The molecule has 146 valence electrons. The van der Waals surface area contributed by atoms with Gasteiger partial charge in [-0.3, -0.25) is 4.79 Å². The van der Waals surface area contributed by atoms with Crippen LogP contribution in [0.5, 0.6) is 5.75 Å². The molecule has 5 heteroatoms. The summed E-state index contributed by atoms with van der Waals surface area (Å²) in [5, 5.41) is 6.28. The first-order chi connectivity index (χ1) is 13.6. The third-order valence-corrected chi connectivity index (χ3v) is 4.12. The Morgan fingerprint density at radius 1 is 0.964 bits per heavy atom. The van der Waals surface area contributed by atoms with Crippen molar-refractivity contribution in [2.75, 3.05) is 0 Å². The number of hydrogen-bond donors (Lipinski definition) is 2. The largest absolute Gasteiger partial charge is 0.491 e. The zero-order valence-electron chi connectivity index (χ0n) is 16.3. The Morgan fingerprint density at radius 2 is 1.71 bits per heavy atom. The molecule has 0 spiro atoms. The Morgan fingerprint density at radius 3 is 2.43 bits per heavy atom. The third kappa shape index (κ3) is 5.99. The summed E-state index contributed by atoms with van der Waals surface area (Å²) in [6.07, 6.45) is 1.75. The van der Waals surface area contributed by atoms with Crippen LogP contribution in [0, 0.1) is 0 Å². The van der Waals surface area contributed by atoms with E-state index in [0.29, 0.717) is 18.7 Å². The van der Waals surface area contributed by atoms with Crippen LogP contribution in [0.1, 0.15) is 41.1 Å². The van der Waals surface area contributed by atoms with Crippen molar-refractivity contribution in [2.45, 2.75) is 39.6 Å². The molecule has 0 fully saturated rings. The summed E-state index contributed by atoms with van der Waals surface area (Å²) < 4.78 is 11.0. The van der Waals surface area contributed by atoms with Gasteiger partial charge in [0, 0.05) is 18.7 Å². The Labute approximate surface area is 165 Å². The molecule has 0 saturated carbocycles. The van der Waals surface area contributed by atoms with E-state index in [0.717, 1.165) is 29.2 Å². The van der Waals surface area contributed by atoms with E-state index >= 15 is 0 Å². The molecule has 2 aromatic carbocycles. The highest BCUT2D eigenvalue weighted by Crippen LogP contribution is 2.15. The molecular formula is C23H26N2O3.